The molecule has 3 aromatic carbocycles. The average Bonchev–Trinajstić information content (AvgIpc) is 2.61. The molecule has 3 aromatic rings. The van der Waals surface area contributed by atoms with E-state index in [0.29, 0.717) is 5.56 Å². The van der Waals surface area contributed by atoms with Crippen LogP contribution in [0.4, 0.5) is 13.2 Å². The minimum Gasteiger partial charge on any atom is -0.406 e. The Morgan fingerprint density at radius 3 is 1.65 bits per heavy atom. The molecule has 0 bridgehead atoms. The van der Waals surface area contributed by atoms with Gasteiger partial charge in [-0.3, -0.25) is 0 Å². The van der Waals surface area contributed by atoms with Gasteiger partial charge in [-0.2, -0.15) is 0 Å². The maximum Gasteiger partial charge on any atom is 0.573 e. The summed E-state index contributed by atoms with van der Waals surface area (Å²) in [7, 11) is 0. The summed E-state index contributed by atoms with van der Waals surface area (Å²) in [5.74, 6) is -0.261. The van der Waals surface area contributed by atoms with Crippen LogP contribution in [0.15, 0.2) is 78.9 Å². The van der Waals surface area contributed by atoms with Crippen LogP contribution in [0.5, 0.6) is 5.75 Å². The monoisotopic (exact) mass is 379 g/mol. The molecule has 1 atom stereocenters. The Hall–Kier alpha value is -2.50. The molecule has 0 spiro atoms. The van der Waals surface area contributed by atoms with Gasteiger partial charge in [0, 0.05) is 0 Å². The maximum atomic E-state index is 12.2. The first-order valence-electron chi connectivity index (χ1n) is 7.69. The van der Waals surface area contributed by atoms with Gasteiger partial charge in [0.25, 0.3) is 0 Å². The van der Waals surface area contributed by atoms with E-state index >= 15 is 0 Å². The van der Waals surface area contributed by atoms with Gasteiger partial charge < -0.3 is 10.5 Å². The van der Waals surface area contributed by atoms with Gasteiger partial charge in [-0.15, -0.1) is 25.6 Å². The summed E-state index contributed by atoms with van der Waals surface area (Å²) in [6.07, 6.45) is -4.70. The molecule has 0 aliphatic carbocycles. The van der Waals surface area contributed by atoms with E-state index in [-0.39, 0.29) is 18.2 Å². The first-order chi connectivity index (χ1) is 11.9. The van der Waals surface area contributed by atoms with Crippen molar-refractivity contribution >= 4 is 12.4 Å². The van der Waals surface area contributed by atoms with E-state index in [1.54, 1.807) is 0 Å². The fraction of sp³-hybridized carbons (Fsp3) is 0.100. The van der Waals surface area contributed by atoms with Gasteiger partial charge >= 0.3 is 6.36 Å². The van der Waals surface area contributed by atoms with Gasteiger partial charge in [0.15, 0.2) is 0 Å². The molecule has 0 radical (unpaired) electrons. The van der Waals surface area contributed by atoms with E-state index in [4.69, 9.17) is 5.73 Å². The van der Waals surface area contributed by atoms with E-state index < -0.39 is 12.4 Å². The number of alkyl halides is 3. The molecule has 0 saturated heterocycles. The summed E-state index contributed by atoms with van der Waals surface area (Å²) >= 11 is 0. The second kappa shape index (κ2) is 8.25. The molecule has 0 aliphatic rings. The Morgan fingerprint density at radius 2 is 1.15 bits per heavy atom. The van der Waals surface area contributed by atoms with Crippen LogP contribution in [0.3, 0.4) is 0 Å². The van der Waals surface area contributed by atoms with E-state index in [0.717, 1.165) is 16.7 Å². The third kappa shape index (κ3) is 5.00. The van der Waals surface area contributed by atoms with E-state index in [1.807, 2.05) is 54.6 Å². The topological polar surface area (TPSA) is 35.2 Å². The number of halogens is 4. The minimum absolute atomic E-state index is 0. The molecule has 0 unspecified atom stereocenters. The smallest absolute Gasteiger partial charge is 0.406 e. The van der Waals surface area contributed by atoms with Crippen LogP contribution in [0.25, 0.3) is 11.1 Å². The lowest BCUT2D eigenvalue weighted by atomic mass is 9.97. The summed E-state index contributed by atoms with van der Waals surface area (Å²) in [6, 6.07) is 22.9. The van der Waals surface area contributed by atoms with Gasteiger partial charge in [0.05, 0.1) is 6.04 Å². The number of benzene rings is 3. The highest BCUT2D eigenvalue weighted by Crippen LogP contribution is 2.27. The standard InChI is InChI=1S/C20H16F3NO.ClH/c21-20(22,23)25-18-12-10-17(11-13-18)19(24)16-8-6-15(7-9-16)14-4-2-1-3-5-14;/h1-13,19H,24H2;1H/t19-;/m1./s1. The van der Waals surface area contributed by atoms with Crippen molar-refractivity contribution in [3.8, 4) is 16.9 Å². The number of hydrogen-bond donors (Lipinski definition) is 1. The number of rotatable bonds is 4. The first-order valence-corrected chi connectivity index (χ1v) is 7.69. The molecule has 136 valence electrons. The van der Waals surface area contributed by atoms with Crippen molar-refractivity contribution < 1.29 is 17.9 Å². The molecule has 26 heavy (non-hydrogen) atoms. The normalized spacial score (nSPS) is 12.2. The maximum absolute atomic E-state index is 12.2. The average molecular weight is 380 g/mol. The molecule has 0 saturated carbocycles. The van der Waals surface area contributed by atoms with Gasteiger partial charge in [-0.1, -0.05) is 66.7 Å². The van der Waals surface area contributed by atoms with Crippen molar-refractivity contribution in [2.75, 3.05) is 0 Å². The molecule has 0 aromatic heterocycles. The zero-order chi connectivity index (χ0) is 17.9. The molecule has 0 heterocycles. The molecule has 3 rings (SSSR count). The summed E-state index contributed by atoms with van der Waals surface area (Å²) < 4.78 is 40.5. The lowest BCUT2D eigenvalue weighted by Crippen LogP contribution is -2.17. The van der Waals surface area contributed by atoms with Crippen LogP contribution >= 0.6 is 12.4 Å². The van der Waals surface area contributed by atoms with Gasteiger partial charge in [-0.25, -0.2) is 0 Å². The van der Waals surface area contributed by atoms with Crippen molar-refractivity contribution in [1.82, 2.24) is 0 Å². The Labute approximate surface area is 155 Å². The molecule has 2 nitrogen and oxygen atoms in total. The Balaban J connectivity index is 0.00000243. The van der Waals surface area contributed by atoms with Crippen LogP contribution < -0.4 is 10.5 Å². The predicted octanol–water partition coefficient (Wildman–Crippen LogP) is 5.72. The quantitative estimate of drug-likeness (QED) is 0.629. The number of hydrogen-bond acceptors (Lipinski definition) is 2. The summed E-state index contributed by atoms with van der Waals surface area (Å²) in [5, 5.41) is 0. The lowest BCUT2D eigenvalue weighted by Gasteiger charge is -2.15. The third-order valence-electron chi connectivity index (χ3n) is 3.85. The van der Waals surface area contributed by atoms with E-state index in [2.05, 4.69) is 4.74 Å². The van der Waals surface area contributed by atoms with E-state index in [9.17, 15) is 13.2 Å². The van der Waals surface area contributed by atoms with Crippen LogP contribution in [-0.2, 0) is 0 Å². The highest BCUT2D eigenvalue weighted by atomic mass is 35.5. The molecule has 0 amide bonds. The second-order valence-corrected chi connectivity index (χ2v) is 5.58. The summed E-state index contributed by atoms with van der Waals surface area (Å²) in [6.45, 7) is 0. The van der Waals surface area contributed by atoms with Gasteiger partial charge in [0.2, 0.25) is 0 Å². The van der Waals surface area contributed by atoms with Crippen molar-refractivity contribution in [2.45, 2.75) is 12.4 Å². The fourth-order valence-corrected chi connectivity index (χ4v) is 2.58. The van der Waals surface area contributed by atoms with Crippen molar-refractivity contribution in [2.24, 2.45) is 5.73 Å². The Bertz CT molecular complexity index is 818. The van der Waals surface area contributed by atoms with Crippen LogP contribution in [0.2, 0.25) is 0 Å². The fourth-order valence-electron chi connectivity index (χ4n) is 2.58. The van der Waals surface area contributed by atoms with Crippen LogP contribution in [-0.4, -0.2) is 6.36 Å². The molecule has 2 N–H and O–H groups in total. The van der Waals surface area contributed by atoms with Gasteiger partial charge in [-0.05, 0) is 34.4 Å². The largest absolute Gasteiger partial charge is 0.573 e. The predicted molar refractivity (Wildman–Crippen MR) is 98.3 cm³/mol. The molecule has 6 heteroatoms. The minimum atomic E-state index is -4.70. The summed E-state index contributed by atoms with van der Waals surface area (Å²) in [5.41, 5.74) is 9.99. The third-order valence-corrected chi connectivity index (χ3v) is 3.85. The summed E-state index contributed by atoms with van der Waals surface area (Å²) in [4.78, 5) is 0. The van der Waals surface area contributed by atoms with Gasteiger partial charge in [0.1, 0.15) is 5.75 Å². The van der Waals surface area contributed by atoms with E-state index in [1.165, 1.54) is 24.3 Å². The lowest BCUT2D eigenvalue weighted by molar-refractivity contribution is -0.274. The SMILES string of the molecule is Cl.N[C@@H](c1ccc(OC(F)(F)F)cc1)c1ccc(-c2ccccc2)cc1. The molecule has 0 fully saturated rings. The highest BCUT2D eigenvalue weighted by Gasteiger charge is 2.31. The molecular formula is C20H17ClF3NO. The second-order valence-electron chi connectivity index (χ2n) is 5.58. The van der Waals surface area contributed by atoms with Crippen molar-refractivity contribution in [3.63, 3.8) is 0 Å². The van der Waals surface area contributed by atoms with Crippen LogP contribution in [0.1, 0.15) is 17.2 Å². The first kappa shape index (κ1) is 19.8. The zero-order valence-electron chi connectivity index (χ0n) is 13.6. The van der Waals surface area contributed by atoms with Crippen molar-refractivity contribution in [1.29, 1.82) is 0 Å². The number of ether oxygens (including phenoxy) is 1. The Kier molecular flexibility index (Phi) is 6.29. The Morgan fingerprint density at radius 1 is 0.692 bits per heavy atom. The molecule has 0 aliphatic heterocycles. The van der Waals surface area contributed by atoms with Crippen molar-refractivity contribution in [3.05, 3.63) is 90.0 Å². The number of nitrogens with two attached hydrogens (primary N) is 1. The zero-order valence-corrected chi connectivity index (χ0v) is 14.4. The highest BCUT2D eigenvalue weighted by molar-refractivity contribution is 5.85. The molecular weight excluding hydrogens is 363 g/mol. The van der Waals surface area contributed by atoms with Crippen LogP contribution in [0, 0.1) is 0 Å².